The Morgan fingerprint density at radius 3 is 2.27 bits per heavy atom. The van der Waals surface area contributed by atoms with E-state index in [1.807, 2.05) is 32.9 Å². The van der Waals surface area contributed by atoms with Crippen molar-refractivity contribution in [2.45, 2.75) is 53.0 Å². The maximum absolute atomic E-state index is 6.44. The van der Waals surface area contributed by atoms with Gasteiger partial charge in [0.25, 0.3) is 0 Å². The minimum atomic E-state index is -0.481. The second-order valence-corrected chi connectivity index (χ2v) is 6.41. The molecular weight excluding hydrogens is 292 g/mol. The molecule has 1 aromatic rings. The van der Waals surface area contributed by atoms with Gasteiger partial charge in [0.2, 0.25) is 0 Å². The van der Waals surface area contributed by atoms with Gasteiger partial charge in [0.1, 0.15) is 0 Å². The second-order valence-electron chi connectivity index (χ2n) is 6.01. The monoisotopic (exact) mass is 318 g/mol. The smallest absolute Gasteiger partial charge is 0.0916 e. The predicted octanol–water partition coefficient (Wildman–Crippen LogP) is 5.32. The Morgan fingerprint density at radius 1 is 1.27 bits per heavy atom. The van der Waals surface area contributed by atoms with Crippen LogP contribution in [-0.2, 0) is 0 Å². The molecule has 2 atom stereocenters. The van der Waals surface area contributed by atoms with Crippen LogP contribution in [0.2, 0.25) is 0 Å². The molecule has 2 unspecified atom stereocenters. The van der Waals surface area contributed by atoms with Crippen molar-refractivity contribution < 1.29 is 0 Å². The Labute approximate surface area is 139 Å². The van der Waals surface area contributed by atoms with Crippen molar-refractivity contribution >= 4 is 17.4 Å². The third kappa shape index (κ3) is 4.23. The number of halogens is 1. The van der Waals surface area contributed by atoms with E-state index in [-0.39, 0.29) is 5.92 Å². The molecule has 0 saturated carbocycles. The summed E-state index contributed by atoms with van der Waals surface area (Å²) >= 11 is 6.44. The summed E-state index contributed by atoms with van der Waals surface area (Å²) in [5.74, 6) is 0.719. The maximum Gasteiger partial charge on any atom is 0.0916 e. The van der Waals surface area contributed by atoms with Crippen LogP contribution in [0.25, 0.3) is 0 Å². The number of aliphatic imine (C=N–C) groups is 1. The SMILES string of the molecule is C/C=C\C(Cl)=C(/C)C(C)(N=C(C)N)C(C)c1ccc(C)cc1. The molecule has 0 spiro atoms. The van der Waals surface area contributed by atoms with Gasteiger partial charge in [-0.05, 0) is 51.8 Å². The first-order valence-corrected chi connectivity index (χ1v) is 7.98. The van der Waals surface area contributed by atoms with Gasteiger partial charge in [-0.3, -0.25) is 4.99 Å². The number of allylic oxidation sites excluding steroid dienone is 3. The summed E-state index contributed by atoms with van der Waals surface area (Å²) in [6.07, 6.45) is 3.83. The third-order valence-electron chi connectivity index (χ3n) is 4.26. The summed E-state index contributed by atoms with van der Waals surface area (Å²) < 4.78 is 0. The molecule has 0 heterocycles. The fraction of sp³-hybridized carbons (Fsp3) is 0.421. The van der Waals surface area contributed by atoms with E-state index in [0.29, 0.717) is 10.9 Å². The summed E-state index contributed by atoms with van der Waals surface area (Å²) in [6, 6.07) is 8.54. The molecule has 2 nitrogen and oxygen atoms in total. The van der Waals surface area contributed by atoms with Crippen molar-refractivity contribution in [1.82, 2.24) is 0 Å². The minimum Gasteiger partial charge on any atom is -0.388 e. The van der Waals surface area contributed by atoms with Gasteiger partial charge in [0, 0.05) is 11.0 Å². The average Bonchev–Trinajstić information content (AvgIpc) is 2.46. The van der Waals surface area contributed by atoms with Crippen LogP contribution in [0.1, 0.15) is 51.7 Å². The van der Waals surface area contributed by atoms with Crippen LogP contribution in [0.4, 0.5) is 0 Å². The summed E-state index contributed by atoms with van der Waals surface area (Å²) in [5, 5.41) is 0.717. The van der Waals surface area contributed by atoms with E-state index in [1.165, 1.54) is 11.1 Å². The lowest BCUT2D eigenvalue weighted by Crippen LogP contribution is -2.33. The second kappa shape index (κ2) is 7.64. The van der Waals surface area contributed by atoms with Gasteiger partial charge in [-0.15, -0.1) is 0 Å². The number of hydrogen-bond donors (Lipinski definition) is 1. The van der Waals surface area contributed by atoms with Crippen LogP contribution < -0.4 is 5.73 Å². The minimum absolute atomic E-state index is 0.158. The zero-order chi connectivity index (χ0) is 16.9. The molecule has 0 fully saturated rings. The van der Waals surface area contributed by atoms with Gasteiger partial charge >= 0.3 is 0 Å². The molecule has 120 valence electrons. The summed E-state index contributed by atoms with van der Waals surface area (Å²) in [7, 11) is 0. The standard InChI is InChI=1S/C19H27ClN2/c1-7-8-18(20)15(4)19(6,22-16(5)21)14(3)17-11-9-13(2)10-12-17/h7-12,14H,1-6H3,(H2,21,22)/b8-7-,18-15-. The Hall–Kier alpha value is -1.54. The maximum atomic E-state index is 6.44. The van der Waals surface area contributed by atoms with Crippen molar-refractivity contribution in [3.8, 4) is 0 Å². The number of hydrogen-bond acceptors (Lipinski definition) is 1. The highest BCUT2D eigenvalue weighted by Crippen LogP contribution is 2.39. The lowest BCUT2D eigenvalue weighted by molar-refractivity contribution is 0.463. The van der Waals surface area contributed by atoms with Crippen LogP contribution in [0.5, 0.6) is 0 Å². The van der Waals surface area contributed by atoms with Crippen LogP contribution in [0, 0.1) is 6.92 Å². The lowest BCUT2D eigenvalue weighted by Gasteiger charge is -2.34. The van der Waals surface area contributed by atoms with Crippen molar-refractivity contribution in [2.75, 3.05) is 0 Å². The molecule has 0 aliphatic rings. The third-order valence-corrected chi connectivity index (χ3v) is 4.67. The topological polar surface area (TPSA) is 38.4 Å². The first kappa shape index (κ1) is 18.5. The number of nitrogens with zero attached hydrogens (tertiary/aromatic N) is 1. The Bertz CT molecular complexity index is 592. The first-order chi connectivity index (χ1) is 10.2. The molecule has 0 aliphatic heterocycles. The number of benzene rings is 1. The van der Waals surface area contributed by atoms with Gasteiger partial charge in [-0.1, -0.05) is 54.4 Å². The molecule has 22 heavy (non-hydrogen) atoms. The number of aryl methyl sites for hydroxylation is 1. The van der Waals surface area contributed by atoms with Gasteiger partial charge in [-0.2, -0.15) is 0 Å². The molecule has 2 N–H and O–H groups in total. The van der Waals surface area contributed by atoms with Gasteiger partial charge < -0.3 is 5.73 Å². The molecular formula is C19H27ClN2. The summed E-state index contributed by atoms with van der Waals surface area (Å²) in [4.78, 5) is 4.73. The summed E-state index contributed by atoms with van der Waals surface area (Å²) in [5.41, 5.74) is 8.90. The number of amidine groups is 1. The van der Waals surface area contributed by atoms with Crippen molar-refractivity contribution in [3.63, 3.8) is 0 Å². The van der Waals surface area contributed by atoms with Gasteiger partial charge in [0.15, 0.2) is 0 Å². The van der Waals surface area contributed by atoms with Crippen LogP contribution in [0.3, 0.4) is 0 Å². The highest BCUT2D eigenvalue weighted by Gasteiger charge is 2.35. The molecule has 1 rings (SSSR count). The highest BCUT2D eigenvalue weighted by molar-refractivity contribution is 6.31. The molecule has 0 saturated heterocycles. The Kier molecular flexibility index (Phi) is 6.43. The first-order valence-electron chi connectivity index (χ1n) is 7.60. The largest absolute Gasteiger partial charge is 0.388 e. The zero-order valence-electron chi connectivity index (χ0n) is 14.4. The van der Waals surface area contributed by atoms with Crippen molar-refractivity contribution in [2.24, 2.45) is 10.7 Å². The van der Waals surface area contributed by atoms with E-state index in [9.17, 15) is 0 Å². The fourth-order valence-corrected chi connectivity index (χ4v) is 2.88. The average molecular weight is 319 g/mol. The van der Waals surface area contributed by atoms with E-state index in [0.717, 1.165) is 5.57 Å². The molecule has 0 aliphatic carbocycles. The molecule has 3 heteroatoms. The Morgan fingerprint density at radius 2 is 1.82 bits per heavy atom. The van der Waals surface area contributed by atoms with E-state index in [1.54, 1.807) is 0 Å². The molecule has 0 aromatic heterocycles. The normalized spacial score (nSPS) is 18.0. The lowest BCUT2D eigenvalue weighted by atomic mass is 9.77. The Balaban J connectivity index is 3.42. The van der Waals surface area contributed by atoms with Crippen molar-refractivity contribution in [1.29, 1.82) is 0 Å². The van der Waals surface area contributed by atoms with Crippen LogP contribution in [0.15, 0.2) is 52.0 Å². The van der Waals surface area contributed by atoms with Crippen LogP contribution >= 0.6 is 11.6 Å². The number of rotatable bonds is 5. The molecule has 0 radical (unpaired) electrons. The van der Waals surface area contributed by atoms with Gasteiger partial charge in [-0.25, -0.2) is 0 Å². The fourth-order valence-electron chi connectivity index (χ4n) is 2.56. The zero-order valence-corrected chi connectivity index (χ0v) is 15.2. The highest BCUT2D eigenvalue weighted by atomic mass is 35.5. The predicted molar refractivity (Wildman–Crippen MR) is 98.7 cm³/mol. The molecule has 1 aromatic carbocycles. The number of nitrogens with two attached hydrogens (primary N) is 1. The van der Waals surface area contributed by atoms with Gasteiger partial charge in [0.05, 0.1) is 11.4 Å². The van der Waals surface area contributed by atoms with E-state index in [2.05, 4.69) is 45.0 Å². The van der Waals surface area contributed by atoms with Crippen LogP contribution in [-0.4, -0.2) is 11.4 Å². The molecule has 0 bridgehead atoms. The quantitative estimate of drug-likeness (QED) is 0.445. The van der Waals surface area contributed by atoms with E-state index >= 15 is 0 Å². The van der Waals surface area contributed by atoms with Crippen molar-refractivity contribution in [3.05, 3.63) is 58.1 Å². The van der Waals surface area contributed by atoms with E-state index < -0.39 is 5.54 Å². The van der Waals surface area contributed by atoms with E-state index in [4.69, 9.17) is 22.3 Å². The molecule has 0 amide bonds. The summed E-state index contributed by atoms with van der Waals surface area (Å²) in [6.45, 7) is 12.1.